The Balaban J connectivity index is 2.24. The summed E-state index contributed by atoms with van der Waals surface area (Å²) in [4.78, 5) is 74.7. The van der Waals surface area contributed by atoms with E-state index in [9.17, 15) is 29.1 Å². The van der Waals surface area contributed by atoms with E-state index < -0.39 is 60.0 Å². The summed E-state index contributed by atoms with van der Waals surface area (Å²) in [5.41, 5.74) is 22.7. The van der Waals surface area contributed by atoms with Crippen molar-refractivity contribution >= 4 is 41.6 Å². The maximum Gasteiger partial charge on any atom is 0.314 e. The Bertz CT molecular complexity index is 1550. The SMILES string of the molecule is CN(CCC(=O)OCOC(=O)C(C)(C)C)C(=O)[C@H](Cc1ccccc1)NC(=O)[C@@H](CCCN=C(N)N)NC(=O)[C@H](Cc1ccc(O)cc1)N=C(N)N. The van der Waals surface area contributed by atoms with E-state index in [2.05, 4.69) is 20.6 Å². The normalized spacial score (nSPS) is 12.6. The van der Waals surface area contributed by atoms with E-state index in [1.54, 1.807) is 57.2 Å². The maximum absolute atomic E-state index is 13.9. The Morgan fingerprint density at radius 2 is 1.44 bits per heavy atom. The largest absolute Gasteiger partial charge is 0.508 e. The fourth-order valence-corrected chi connectivity index (χ4v) is 4.67. The quantitative estimate of drug-likeness (QED) is 0.0326. The predicted molar refractivity (Wildman–Crippen MR) is 194 cm³/mol. The lowest BCUT2D eigenvalue weighted by molar-refractivity contribution is -0.173. The zero-order valence-corrected chi connectivity index (χ0v) is 30.0. The number of amides is 3. The Hall–Kier alpha value is -5.87. The van der Waals surface area contributed by atoms with Crippen molar-refractivity contribution in [3.05, 3.63) is 65.7 Å². The van der Waals surface area contributed by atoms with Gasteiger partial charge in [-0.3, -0.25) is 29.0 Å². The van der Waals surface area contributed by atoms with E-state index in [-0.39, 0.29) is 62.9 Å². The smallest absolute Gasteiger partial charge is 0.314 e. The van der Waals surface area contributed by atoms with E-state index >= 15 is 0 Å². The van der Waals surface area contributed by atoms with Crippen LogP contribution in [0.5, 0.6) is 5.75 Å². The van der Waals surface area contributed by atoms with Crippen molar-refractivity contribution in [2.45, 2.75) is 71.0 Å². The van der Waals surface area contributed by atoms with E-state index in [1.165, 1.54) is 24.1 Å². The van der Waals surface area contributed by atoms with Gasteiger partial charge in [-0.2, -0.15) is 0 Å². The first-order valence-corrected chi connectivity index (χ1v) is 16.6. The minimum absolute atomic E-state index is 0.0354. The number of hydrogen-bond donors (Lipinski definition) is 7. The molecule has 3 amide bonds. The number of nitrogens with two attached hydrogens (primary N) is 4. The summed E-state index contributed by atoms with van der Waals surface area (Å²) < 4.78 is 9.94. The van der Waals surface area contributed by atoms with Gasteiger partial charge in [0.1, 0.15) is 23.9 Å². The van der Waals surface area contributed by atoms with E-state index in [4.69, 9.17) is 32.4 Å². The highest BCUT2D eigenvalue weighted by Gasteiger charge is 2.31. The Morgan fingerprint density at radius 3 is 2.04 bits per heavy atom. The van der Waals surface area contributed by atoms with Crippen molar-refractivity contribution in [1.29, 1.82) is 0 Å². The summed E-state index contributed by atoms with van der Waals surface area (Å²) in [5.74, 6) is -3.55. The second-order valence-electron chi connectivity index (χ2n) is 13.0. The summed E-state index contributed by atoms with van der Waals surface area (Å²) in [7, 11) is 1.47. The average molecular weight is 726 g/mol. The third kappa shape index (κ3) is 15.8. The van der Waals surface area contributed by atoms with Crippen LogP contribution in [0, 0.1) is 5.41 Å². The fourth-order valence-electron chi connectivity index (χ4n) is 4.67. The molecule has 0 radical (unpaired) electrons. The Labute approximate surface area is 303 Å². The van der Waals surface area contributed by atoms with Gasteiger partial charge in [0.2, 0.25) is 24.5 Å². The van der Waals surface area contributed by atoms with Crippen molar-refractivity contribution in [2.75, 3.05) is 26.9 Å². The van der Waals surface area contributed by atoms with Gasteiger partial charge in [-0.25, -0.2) is 4.99 Å². The number of phenols is 1. The molecule has 0 aliphatic rings. The molecule has 3 atom stereocenters. The molecule has 11 N–H and O–H groups in total. The van der Waals surface area contributed by atoms with Crippen molar-refractivity contribution in [3.8, 4) is 5.75 Å². The summed E-state index contributed by atoms with van der Waals surface area (Å²) in [6.45, 7) is 4.52. The van der Waals surface area contributed by atoms with Crippen LogP contribution in [-0.2, 0) is 46.3 Å². The van der Waals surface area contributed by atoms with Crippen LogP contribution in [0.3, 0.4) is 0 Å². The lowest BCUT2D eigenvalue weighted by atomic mass is 9.98. The zero-order chi connectivity index (χ0) is 38.8. The number of rotatable bonds is 19. The molecule has 2 aromatic rings. The van der Waals surface area contributed by atoms with Crippen LogP contribution in [0.4, 0.5) is 0 Å². The summed E-state index contributed by atoms with van der Waals surface area (Å²) >= 11 is 0. The van der Waals surface area contributed by atoms with E-state index in [0.29, 0.717) is 5.56 Å². The zero-order valence-electron chi connectivity index (χ0n) is 30.0. The minimum Gasteiger partial charge on any atom is -0.508 e. The monoisotopic (exact) mass is 725 g/mol. The molecule has 0 aliphatic heterocycles. The maximum atomic E-state index is 13.9. The van der Waals surface area contributed by atoms with Gasteiger partial charge in [-0.05, 0) is 56.9 Å². The Kier molecular flexibility index (Phi) is 16.9. The molecule has 0 heterocycles. The number of nitrogens with one attached hydrogen (secondary N) is 2. The molecule has 0 bridgehead atoms. The molecule has 17 heteroatoms. The summed E-state index contributed by atoms with van der Waals surface area (Å²) in [5, 5.41) is 15.1. The van der Waals surface area contributed by atoms with E-state index in [1.807, 2.05) is 6.07 Å². The van der Waals surface area contributed by atoms with Crippen LogP contribution in [0.25, 0.3) is 0 Å². The molecular formula is C35H51N9O8. The molecule has 0 aromatic heterocycles. The van der Waals surface area contributed by atoms with Gasteiger partial charge in [0.15, 0.2) is 11.9 Å². The van der Waals surface area contributed by atoms with Crippen molar-refractivity contribution < 1.29 is 38.6 Å². The molecule has 52 heavy (non-hydrogen) atoms. The number of likely N-dealkylation sites (N-methyl/N-ethyl adjacent to an activating group) is 1. The lowest BCUT2D eigenvalue weighted by Gasteiger charge is -2.27. The van der Waals surface area contributed by atoms with Crippen LogP contribution in [0.2, 0.25) is 0 Å². The molecular weight excluding hydrogens is 674 g/mol. The standard InChI is InChI=1S/C35H51N9O8/c1-35(2,3)32(50)52-21-51-28(46)16-18-44(4)31(49)27(20-22-9-6-5-7-10-22)42-29(47)25(11-8-17-40-33(36)37)41-30(48)26(43-34(38)39)19-23-12-14-24(45)15-13-23/h5-7,9-10,12-15,25-27,45H,8,11,16-21H2,1-4H3,(H,41,48)(H,42,47)(H4,36,37,40)(H4,38,39,43)/t25-,26+,27+/m1/s1. The highest BCUT2D eigenvalue weighted by molar-refractivity contribution is 5.94. The molecule has 284 valence electrons. The number of aromatic hydroxyl groups is 1. The predicted octanol–water partition coefficient (Wildman–Crippen LogP) is -0.219. The summed E-state index contributed by atoms with van der Waals surface area (Å²) in [6, 6.07) is 11.7. The third-order valence-electron chi connectivity index (χ3n) is 7.50. The summed E-state index contributed by atoms with van der Waals surface area (Å²) in [6.07, 6.45) is 0.294. The van der Waals surface area contributed by atoms with Crippen LogP contribution in [-0.4, -0.2) is 96.6 Å². The number of guanidine groups is 2. The van der Waals surface area contributed by atoms with Gasteiger partial charge in [-0.1, -0.05) is 42.5 Å². The number of hydrogen-bond acceptors (Lipinski definition) is 10. The topological polar surface area (TPSA) is 280 Å². The number of benzene rings is 2. The van der Waals surface area contributed by atoms with Gasteiger partial charge in [0.05, 0.1) is 11.8 Å². The molecule has 2 rings (SSSR count). The molecule has 0 aliphatic carbocycles. The first kappa shape index (κ1) is 42.3. The molecule has 17 nitrogen and oxygen atoms in total. The molecule has 0 saturated heterocycles. The number of aliphatic imine (C=N–C) groups is 2. The van der Waals surface area contributed by atoms with Crippen LogP contribution < -0.4 is 33.6 Å². The highest BCUT2D eigenvalue weighted by Crippen LogP contribution is 2.16. The Morgan fingerprint density at radius 1 is 0.827 bits per heavy atom. The van der Waals surface area contributed by atoms with Crippen LogP contribution in [0.15, 0.2) is 64.6 Å². The third-order valence-corrected chi connectivity index (χ3v) is 7.50. The molecule has 0 fully saturated rings. The van der Waals surface area contributed by atoms with E-state index in [0.717, 1.165) is 5.56 Å². The second kappa shape index (κ2) is 20.7. The van der Waals surface area contributed by atoms with Crippen molar-refractivity contribution in [1.82, 2.24) is 15.5 Å². The molecule has 2 aromatic carbocycles. The van der Waals surface area contributed by atoms with Crippen molar-refractivity contribution in [3.63, 3.8) is 0 Å². The van der Waals surface area contributed by atoms with Gasteiger partial charge < -0.3 is 53.0 Å². The number of phenolic OH excluding ortho intramolecular Hbond substituents is 1. The van der Waals surface area contributed by atoms with Crippen molar-refractivity contribution in [2.24, 2.45) is 38.3 Å². The molecule has 0 unspecified atom stereocenters. The number of carbonyl (C=O) groups excluding carboxylic acids is 5. The number of carbonyl (C=O) groups is 5. The highest BCUT2D eigenvalue weighted by atomic mass is 16.7. The van der Waals surface area contributed by atoms with Gasteiger partial charge in [0.25, 0.3) is 0 Å². The van der Waals surface area contributed by atoms with Crippen LogP contribution >= 0.6 is 0 Å². The van der Waals surface area contributed by atoms with Gasteiger partial charge in [-0.15, -0.1) is 0 Å². The number of ether oxygens (including phenoxy) is 2. The molecule has 0 spiro atoms. The number of nitrogens with zero attached hydrogens (tertiary/aromatic N) is 3. The van der Waals surface area contributed by atoms with Gasteiger partial charge >= 0.3 is 11.9 Å². The fraction of sp³-hybridized carbons (Fsp3) is 0.457. The minimum atomic E-state index is -1.17. The number of esters is 2. The first-order valence-electron chi connectivity index (χ1n) is 16.6. The van der Waals surface area contributed by atoms with Crippen LogP contribution in [0.1, 0.15) is 51.2 Å². The second-order valence-corrected chi connectivity index (χ2v) is 13.0. The first-order chi connectivity index (χ1) is 24.5. The van der Waals surface area contributed by atoms with Gasteiger partial charge in [0, 0.05) is 33.0 Å². The molecule has 0 saturated carbocycles. The average Bonchev–Trinajstić information content (AvgIpc) is 3.08. The lowest BCUT2D eigenvalue weighted by Crippen LogP contribution is -2.56.